The van der Waals surface area contributed by atoms with Crippen LogP contribution in [-0.4, -0.2) is 70.8 Å². The van der Waals surface area contributed by atoms with E-state index in [1.165, 1.54) is 6.26 Å². The van der Waals surface area contributed by atoms with Crippen molar-refractivity contribution < 1.29 is 14.0 Å². The minimum Gasteiger partial charge on any atom is -0.459 e. The van der Waals surface area contributed by atoms with Gasteiger partial charge in [0.2, 0.25) is 5.91 Å². The van der Waals surface area contributed by atoms with Crippen LogP contribution in [0.15, 0.2) is 33.7 Å². The van der Waals surface area contributed by atoms with Crippen molar-refractivity contribution in [3.8, 4) is 0 Å². The van der Waals surface area contributed by atoms with Gasteiger partial charge in [0.05, 0.1) is 17.5 Å². The molecule has 0 bridgehead atoms. The molecule has 3 heterocycles. The van der Waals surface area contributed by atoms with Gasteiger partial charge in [-0.3, -0.25) is 14.5 Å². The summed E-state index contributed by atoms with van der Waals surface area (Å²) < 4.78 is 5.16. The van der Waals surface area contributed by atoms with Gasteiger partial charge in [0, 0.05) is 38.1 Å². The molecule has 28 heavy (non-hydrogen) atoms. The van der Waals surface area contributed by atoms with E-state index in [4.69, 9.17) is 4.42 Å². The molecule has 2 aromatic rings. The molecule has 3 rings (SSSR count). The zero-order valence-corrected chi connectivity index (χ0v) is 17.6. The van der Waals surface area contributed by atoms with Crippen molar-refractivity contribution in [3.63, 3.8) is 0 Å². The summed E-state index contributed by atoms with van der Waals surface area (Å²) >= 11 is 3.27. The Hall–Kier alpha value is -1.84. The number of nitrogens with one attached hydrogen (secondary N) is 1. The molecule has 2 aromatic heterocycles. The topological polar surface area (TPSA) is 78.7 Å². The van der Waals surface area contributed by atoms with Gasteiger partial charge in [-0.1, -0.05) is 0 Å². The lowest BCUT2D eigenvalue weighted by atomic mass is 10.1. The van der Waals surface area contributed by atoms with Gasteiger partial charge in [-0.15, -0.1) is 11.3 Å². The molecule has 1 atom stereocenters. The molecule has 9 heteroatoms. The second-order valence-corrected chi connectivity index (χ2v) is 8.42. The van der Waals surface area contributed by atoms with Crippen LogP contribution in [0.5, 0.6) is 0 Å². The van der Waals surface area contributed by atoms with Gasteiger partial charge in [0.1, 0.15) is 6.04 Å². The highest BCUT2D eigenvalue weighted by atomic mass is 32.2. The fourth-order valence-corrected chi connectivity index (χ4v) is 4.27. The maximum Gasteiger partial charge on any atom is 0.287 e. The average Bonchev–Trinajstić information content (AvgIpc) is 3.36. The molecule has 0 aliphatic carbocycles. The Bertz CT molecular complexity index is 736. The number of aromatic nitrogens is 1. The third kappa shape index (κ3) is 5.83. The fraction of sp³-hybridized carbons (Fsp3) is 0.526. The molecular weight excluding hydrogens is 396 g/mol. The molecule has 1 N–H and O–H groups in total. The van der Waals surface area contributed by atoms with Crippen molar-refractivity contribution in [2.75, 3.05) is 38.2 Å². The zero-order valence-electron chi connectivity index (χ0n) is 16.0. The summed E-state index contributed by atoms with van der Waals surface area (Å²) in [5.74, 6) is 0.680. The van der Waals surface area contributed by atoms with Crippen LogP contribution in [-0.2, 0) is 11.3 Å². The largest absolute Gasteiger partial charge is 0.459 e. The predicted molar refractivity (Wildman–Crippen MR) is 112 cm³/mol. The highest BCUT2D eigenvalue weighted by Crippen LogP contribution is 2.12. The molecule has 1 saturated heterocycles. The van der Waals surface area contributed by atoms with Crippen LogP contribution < -0.4 is 5.32 Å². The first-order valence-corrected chi connectivity index (χ1v) is 11.7. The Balaban J connectivity index is 1.58. The van der Waals surface area contributed by atoms with Gasteiger partial charge in [-0.25, -0.2) is 4.98 Å². The van der Waals surface area contributed by atoms with E-state index in [0.717, 1.165) is 37.5 Å². The number of hydrogen-bond acceptors (Lipinski definition) is 7. The van der Waals surface area contributed by atoms with E-state index in [-0.39, 0.29) is 17.6 Å². The maximum absolute atomic E-state index is 13.1. The Morgan fingerprint density at radius 2 is 2.25 bits per heavy atom. The van der Waals surface area contributed by atoms with Crippen molar-refractivity contribution in [2.45, 2.75) is 25.4 Å². The van der Waals surface area contributed by atoms with E-state index in [1.54, 1.807) is 35.2 Å². The van der Waals surface area contributed by atoms with Gasteiger partial charge >= 0.3 is 0 Å². The Morgan fingerprint density at radius 1 is 1.36 bits per heavy atom. The number of thioether (sulfide) groups is 1. The quantitative estimate of drug-likeness (QED) is 0.703. The van der Waals surface area contributed by atoms with Crippen LogP contribution in [0.2, 0.25) is 0 Å². The lowest BCUT2D eigenvalue weighted by Crippen LogP contribution is -2.49. The number of amides is 2. The molecule has 152 valence electrons. The van der Waals surface area contributed by atoms with Crippen LogP contribution in [0.1, 0.15) is 29.1 Å². The summed E-state index contributed by atoms with van der Waals surface area (Å²) in [5.41, 5.74) is 2.93. The number of carbonyl (C=O) groups is 2. The van der Waals surface area contributed by atoms with E-state index >= 15 is 0 Å². The van der Waals surface area contributed by atoms with Gasteiger partial charge < -0.3 is 14.6 Å². The normalized spacial score (nSPS) is 16.5. The molecule has 0 radical (unpaired) electrons. The third-order valence-electron chi connectivity index (χ3n) is 4.73. The summed E-state index contributed by atoms with van der Waals surface area (Å²) in [6, 6.07) is 2.74. The number of thiazole rings is 1. The van der Waals surface area contributed by atoms with E-state index in [0.29, 0.717) is 19.5 Å². The summed E-state index contributed by atoms with van der Waals surface area (Å²) in [5, 5.41) is 4.93. The summed E-state index contributed by atoms with van der Waals surface area (Å²) in [6.07, 6.45) is 4.97. The summed E-state index contributed by atoms with van der Waals surface area (Å²) in [4.78, 5) is 34.1. The minimum atomic E-state index is -0.532. The zero-order chi connectivity index (χ0) is 19.8. The fourth-order valence-electron chi connectivity index (χ4n) is 3.24. The number of nitrogens with zero attached hydrogens (tertiary/aromatic N) is 3. The first-order chi connectivity index (χ1) is 13.7. The maximum atomic E-state index is 13.1. The van der Waals surface area contributed by atoms with Crippen LogP contribution in [0.3, 0.4) is 0 Å². The van der Waals surface area contributed by atoms with Crippen LogP contribution in [0.4, 0.5) is 0 Å². The van der Waals surface area contributed by atoms with E-state index < -0.39 is 6.04 Å². The second-order valence-electron chi connectivity index (χ2n) is 6.72. The Kier molecular flexibility index (Phi) is 7.93. The van der Waals surface area contributed by atoms with Crippen molar-refractivity contribution in [3.05, 3.63) is 40.7 Å². The highest BCUT2D eigenvalue weighted by Gasteiger charge is 2.28. The minimum absolute atomic E-state index is 0.00976. The van der Waals surface area contributed by atoms with Crippen molar-refractivity contribution in [1.82, 2.24) is 20.1 Å². The first-order valence-electron chi connectivity index (χ1n) is 9.39. The van der Waals surface area contributed by atoms with Gasteiger partial charge in [-0.2, -0.15) is 11.8 Å². The number of hydrogen-bond donors (Lipinski definition) is 1. The van der Waals surface area contributed by atoms with Gasteiger partial charge in [-0.05, 0) is 37.0 Å². The second kappa shape index (κ2) is 10.6. The molecule has 0 aromatic carbocycles. The molecule has 7 nitrogen and oxygen atoms in total. The molecule has 1 aliphatic heterocycles. The molecule has 2 amide bonds. The number of rotatable bonds is 8. The van der Waals surface area contributed by atoms with E-state index in [2.05, 4.69) is 20.6 Å². The van der Waals surface area contributed by atoms with Gasteiger partial charge in [0.25, 0.3) is 5.91 Å². The molecule has 1 fully saturated rings. The highest BCUT2D eigenvalue weighted by molar-refractivity contribution is 7.98. The predicted octanol–water partition coefficient (Wildman–Crippen LogP) is 2.32. The molecule has 0 saturated carbocycles. The molecule has 1 aliphatic rings. The number of furan rings is 1. The van der Waals surface area contributed by atoms with Crippen LogP contribution >= 0.6 is 23.1 Å². The van der Waals surface area contributed by atoms with E-state index in [1.807, 2.05) is 16.7 Å². The molecule has 0 spiro atoms. The summed E-state index contributed by atoms with van der Waals surface area (Å²) in [7, 11) is 0. The summed E-state index contributed by atoms with van der Waals surface area (Å²) in [6.45, 7) is 3.94. The number of carbonyl (C=O) groups excluding carboxylic acids is 2. The third-order valence-corrected chi connectivity index (χ3v) is 6.01. The molecular formula is C19H26N4O3S2. The smallest absolute Gasteiger partial charge is 0.287 e. The standard InChI is InChI=1S/C19H26N4O3S2/c1-27-11-5-16(21-18(24)17-4-2-10-26-17)19(25)23-7-3-6-22(8-9-23)12-15-13-28-14-20-15/h2,4,10,13-14,16H,3,5-9,11-12H2,1H3,(H,21,24). The van der Waals surface area contributed by atoms with Crippen molar-refractivity contribution in [1.29, 1.82) is 0 Å². The average molecular weight is 423 g/mol. The molecule has 1 unspecified atom stereocenters. The Morgan fingerprint density at radius 3 is 2.96 bits per heavy atom. The van der Waals surface area contributed by atoms with Crippen LogP contribution in [0, 0.1) is 0 Å². The lowest BCUT2D eigenvalue weighted by molar-refractivity contribution is -0.133. The van der Waals surface area contributed by atoms with Crippen LogP contribution in [0.25, 0.3) is 0 Å². The van der Waals surface area contributed by atoms with Crippen molar-refractivity contribution >= 4 is 34.9 Å². The van der Waals surface area contributed by atoms with Crippen molar-refractivity contribution in [2.24, 2.45) is 0 Å². The SMILES string of the molecule is CSCCC(NC(=O)c1ccco1)C(=O)N1CCCN(Cc2cscn2)CC1. The van der Waals surface area contributed by atoms with Gasteiger partial charge in [0.15, 0.2) is 5.76 Å². The first kappa shape index (κ1) is 20.9. The lowest BCUT2D eigenvalue weighted by Gasteiger charge is -2.26. The van der Waals surface area contributed by atoms with E-state index in [9.17, 15) is 9.59 Å². The Labute approximate surface area is 173 Å². The monoisotopic (exact) mass is 422 g/mol.